The molecule has 25 heavy (non-hydrogen) atoms. The molecule has 1 N–H and O–H groups in total. The van der Waals surface area contributed by atoms with Crippen molar-refractivity contribution >= 4 is 27.5 Å². The van der Waals surface area contributed by atoms with Gasteiger partial charge in [0.05, 0.1) is 23.4 Å². The standard InChI is InChI=1S/C15H24N4O4S2/c1-19-13(7-11-4-6-25(21,22)10-11)17-18-15(19)24-9-14(20)16-8-12-3-2-5-23-12/h11-12H,2-10H2,1H3,(H,16,20)/t11-,12-/m0/s1. The third kappa shape index (κ3) is 5.18. The minimum atomic E-state index is -2.88. The van der Waals surface area contributed by atoms with Crippen molar-refractivity contribution in [1.82, 2.24) is 20.1 Å². The molecular weight excluding hydrogens is 364 g/mol. The third-order valence-electron chi connectivity index (χ3n) is 4.61. The van der Waals surface area contributed by atoms with Crippen LogP contribution in [0.25, 0.3) is 0 Å². The highest BCUT2D eigenvalue weighted by atomic mass is 32.2. The van der Waals surface area contributed by atoms with E-state index >= 15 is 0 Å². The lowest BCUT2D eigenvalue weighted by molar-refractivity contribution is -0.119. The summed E-state index contributed by atoms with van der Waals surface area (Å²) < 4.78 is 30.4. The molecule has 0 radical (unpaired) electrons. The first-order valence-electron chi connectivity index (χ1n) is 8.53. The van der Waals surface area contributed by atoms with E-state index in [2.05, 4.69) is 15.5 Å². The van der Waals surface area contributed by atoms with E-state index in [0.717, 1.165) is 25.3 Å². The van der Waals surface area contributed by atoms with Crippen LogP contribution in [0.15, 0.2) is 5.16 Å². The Hall–Kier alpha value is -1.13. The van der Waals surface area contributed by atoms with Crippen molar-refractivity contribution in [3.8, 4) is 0 Å². The summed E-state index contributed by atoms with van der Waals surface area (Å²) in [5, 5.41) is 11.8. The third-order valence-corrected chi connectivity index (χ3v) is 7.46. The van der Waals surface area contributed by atoms with Crippen LogP contribution in [0.5, 0.6) is 0 Å². The number of hydrogen-bond donors (Lipinski definition) is 1. The second-order valence-electron chi connectivity index (χ2n) is 6.66. The Morgan fingerprint density at radius 1 is 1.40 bits per heavy atom. The molecule has 2 aliphatic rings. The van der Waals surface area contributed by atoms with Crippen LogP contribution in [0.3, 0.4) is 0 Å². The SMILES string of the molecule is Cn1c(C[C@@H]2CCS(=O)(=O)C2)nnc1SCC(=O)NC[C@@H]1CCCO1. The van der Waals surface area contributed by atoms with E-state index in [-0.39, 0.29) is 35.2 Å². The maximum absolute atomic E-state index is 11.9. The average Bonchev–Trinajstić information content (AvgIpc) is 3.27. The van der Waals surface area contributed by atoms with Crippen molar-refractivity contribution in [3.63, 3.8) is 0 Å². The lowest BCUT2D eigenvalue weighted by Gasteiger charge is -2.10. The van der Waals surface area contributed by atoms with E-state index in [1.165, 1.54) is 11.8 Å². The summed E-state index contributed by atoms with van der Waals surface area (Å²) in [6.45, 7) is 1.33. The van der Waals surface area contributed by atoms with E-state index in [1.54, 1.807) is 0 Å². The van der Waals surface area contributed by atoms with E-state index in [1.807, 2.05) is 11.6 Å². The molecule has 0 saturated carbocycles. The number of carbonyl (C=O) groups excluding carboxylic acids is 1. The molecule has 1 aromatic rings. The average molecular weight is 389 g/mol. The summed E-state index contributed by atoms with van der Waals surface area (Å²) in [7, 11) is -1.03. The molecular formula is C15H24N4O4S2. The quantitative estimate of drug-likeness (QED) is 0.665. The number of thioether (sulfide) groups is 1. The van der Waals surface area contributed by atoms with Crippen LogP contribution in [-0.2, 0) is 32.8 Å². The molecule has 0 aromatic carbocycles. The number of ether oxygens (including phenoxy) is 1. The Balaban J connectivity index is 1.45. The minimum Gasteiger partial charge on any atom is -0.376 e. The summed E-state index contributed by atoms with van der Waals surface area (Å²) >= 11 is 1.33. The fourth-order valence-corrected chi connectivity index (χ4v) is 5.78. The van der Waals surface area contributed by atoms with Gasteiger partial charge in [0.15, 0.2) is 15.0 Å². The van der Waals surface area contributed by atoms with Gasteiger partial charge in [0.1, 0.15) is 5.82 Å². The number of nitrogens with one attached hydrogen (secondary N) is 1. The normalized spacial score (nSPS) is 25.3. The number of rotatable bonds is 7. The van der Waals surface area contributed by atoms with Gasteiger partial charge in [0.2, 0.25) is 5.91 Å². The number of amides is 1. The molecule has 8 nitrogen and oxygen atoms in total. The number of aromatic nitrogens is 3. The molecule has 3 heterocycles. The zero-order valence-electron chi connectivity index (χ0n) is 14.3. The van der Waals surface area contributed by atoms with Crippen LogP contribution in [0.4, 0.5) is 0 Å². The Morgan fingerprint density at radius 2 is 2.24 bits per heavy atom. The van der Waals surface area contributed by atoms with Crippen molar-refractivity contribution in [3.05, 3.63) is 5.82 Å². The van der Waals surface area contributed by atoms with Crippen LogP contribution in [0, 0.1) is 5.92 Å². The van der Waals surface area contributed by atoms with Crippen molar-refractivity contribution in [2.75, 3.05) is 30.4 Å². The molecule has 0 spiro atoms. The first kappa shape index (κ1) is 18.7. The molecule has 10 heteroatoms. The highest BCUT2D eigenvalue weighted by molar-refractivity contribution is 7.99. The van der Waals surface area contributed by atoms with Gasteiger partial charge in [0, 0.05) is 26.6 Å². The summed E-state index contributed by atoms with van der Waals surface area (Å²) in [5.41, 5.74) is 0. The molecule has 1 amide bonds. The van der Waals surface area contributed by atoms with Crippen LogP contribution < -0.4 is 5.32 Å². The van der Waals surface area contributed by atoms with E-state index in [4.69, 9.17) is 4.74 Å². The van der Waals surface area contributed by atoms with Crippen LogP contribution in [0.1, 0.15) is 25.1 Å². The molecule has 2 fully saturated rings. The van der Waals surface area contributed by atoms with Gasteiger partial charge in [-0.1, -0.05) is 11.8 Å². The van der Waals surface area contributed by atoms with Gasteiger partial charge >= 0.3 is 0 Å². The molecule has 0 unspecified atom stereocenters. The van der Waals surface area contributed by atoms with Crippen LogP contribution >= 0.6 is 11.8 Å². The highest BCUT2D eigenvalue weighted by Gasteiger charge is 2.29. The Morgan fingerprint density at radius 3 is 2.92 bits per heavy atom. The summed E-state index contributed by atoms with van der Waals surface area (Å²) in [4.78, 5) is 11.9. The van der Waals surface area contributed by atoms with E-state index in [0.29, 0.717) is 24.5 Å². The predicted octanol–water partition coefficient (Wildman–Crippen LogP) is 0.180. The molecule has 3 rings (SSSR count). The molecule has 2 saturated heterocycles. The van der Waals surface area contributed by atoms with Gasteiger partial charge in [-0.15, -0.1) is 10.2 Å². The number of hydrogen-bond acceptors (Lipinski definition) is 7. The Bertz CT molecular complexity index is 713. The number of carbonyl (C=O) groups is 1. The predicted molar refractivity (Wildman–Crippen MR) is 94.2 cm³/mol. The monoisotopic (exact) mass is 388 g/mol. The van der Waals surface area contributed by atoms with Crippen molar-refractivity contribution in [1.29, 1.82) is 0 Å². The lowest BCUT2D eigenvalue weighted by Crippen LogP contribution is -2.32. The fourth-order valence-electron chi connectivity index (χ4n) is 3.15. The van der Waals surface area contributed by atoms with E-state index in [9.17, 15) is 13.2 Å². The van der Waals surface area contributed by atoms with Gasteiger partial charge in [-0.25, -0.2) is 8.42 Å². The second-order valence-corrected chi connectivity index (χ2v) is 9.83. The van der Waals surface area contributed by atoms with E-state index < -0.39 is 9.84 Å². The van der Waals surface area contributed by atoms with Gasteiger partial charge in [-0.05, 0) is 25.2 Å². The highest BCUT2D eigenvalue weighted by Crippen LogP contribution is 2.23. The topological polar surface area (TPSA) is 103 Å². The van der Waals surface area contributed by atoms with Crippen molar-refractivity contribution in [2.24, 2.45) is 13.0 Å². The summed E-state index contributed by atoms with van der Waals surface area (Å²) in [5.74, 6) is 1.60. The molecule has 2 atom stereocenters. The lowest BCUT2D eigenvalue weighted by atomic mass is 10.1. The van der Waals surface area contributed by atoms with Crippen LogP contribution in [-0.4, -0.2) is 65.6 Å². The maximum Gasteiger partial charge on any atom is 0.230 e. The van der Waals surface area contributed by atoms with Crippen molar-refractivity contribution in [2.45, 2.75) is 36.9 Å². The summed E-state index contributed by atoms with van der Waals surface area (Å²) in [6, 6.07) is 0. The minimum absolute atomic E-state index is 0.0491. The maximum atomic E-state index is 11.9. The Kier molecular flexibility index (Phi) is 6.00. The largest absolute Gasteiger partial charge is 0.376 e. The second kappa shape index (κ2) is 8.05. The zero-order valence-corrected chi connectivity index (χ0v) is 15.9. The first-order valence-corrected chi connectivity index (χ1v) is 11.3. The molecule has 0 aliphatic carbocycles. The fraction of sp³-hybridized carbons (Fsp3) is 0.800. The molecule has 140 valence electrons. The number of nitrogens with zero attached hydrogens (tertiary/aromatic N) is 3. The molecule has 2 aliphatic heterocycles. The summed E-state index contributed by atoms with van der Waals surface area (Å²) in [6.07, 6.45) is 3.48. The smallest absolute Gasteiger partial charge is 0.230 e. The van der Waals surface area contributed by atoms with Gasteiger partial charge in [-0.2, -0.15) is 0 Å². The zero-order chi connectivity index (χ0) is 17.9. The first-order chi connectivity index (χ1) is 11.9. The Labute approximate surface area is 152 Å². The van der Waals surface area contributed by atoms with Gasteiger partial charge in [-0.3, -0.25) is 4.79 Å². The number of sulfone groups is 1. The van der Waals surface area contributed by atoms with Crippen LogP contribution in [0.2, 0.25) is 0 Å². The van der Waals surface area contributed by atoms with Crippen molar-refractivity contribution < 1.29 is 17.9 Å². The van der Waals surface area contributed by atoms with Gasteiger partial charge < -0.3 is 14.6 Å². The van der Waals surface area contributed by atoms with Gasteiger partial charge in [0.25, 0.3) is 0 Å². The molecule has 0 bridgehead atoms. The molecule has 1 aromatic heterocycles.